The fraction of sp³-hybridized carbons (Fsp3) is 0.192. The largest absolute Gasteiger partial charge is 0.368 e. The molecule has 178 valence electrons. The van der Waals surface area contributed by atoms with E-state index in [9.17, 15) is 13.6 Å². The van der Waals surface area contributed by atoms with E-state index < -0.39 is 11.6 Å². The summed E-state index contributed by atoms with van der Waals surface area (Å²) in [5.41, 5.74) is 2.01. The predicted molar refractivity (Wildman–Crippen MR) is 133 cm³/mol. The minimum atomic E-state index is -0.729. The minimum Gasteiger partial charge on any atom is -0.368 e. The Morgan fingerprint density at radius 1 is 0.857 bits per heavy atom. The van der Waals surface area contributed by atoms with Crippen molar-refractivity contribution in [1.29, 1.82) is 0 Å². The number of hydrogen-bond acceptors (Lipinski definition) is 5. The molecule has 1 saturated heterocycles. The Kier molecular flexibility index (Phi) is 6.76. The molecule has 5 rings (SSSR count). The van der Waals surface area contributed by atoms with Gasteiger partial charge in [-0.15, -0.1) is 10.2 Å². The minimum absolute atomic E-state index is 0.0156. The molecule has 3 aromatic carbocycles. The van der Waals surface area contributed by atoms with Crippen LogP contribution in [0.1, 0.15) is 0 Å². The number of amides is 1. The number of para-hydroxylation sites is 1. The summed E-state index contributed by atoms with van der Waals surface area (Å²) in [6.07, 6.45) is 0. The summed E-state index contributed by atoms with van der Waals surface area (Å²) in [5.74, 6) is -0.853. The normalized spacial score (nSPS) is 13.8. The van der Waals surface area contributed by atoms with Gasteiger partial charge in [0, 0.05) is 43.5 Å². The van der Waals surface area contributed by atoms with E-state index in [0.717, 1.165) is 30.4 Å². The fourth-order valence-corrected chi connectivity index (χ4v) is 4.94. The number of rotatable bonds is 6. The highest BCUT2D eigenvalue weighted by Gasteiger charge is 2.24. The molecule has 1 fully saturated rings. The maximum absolute atomic E-state index is 14.8. The van der Waals surface area contributed by atoms with Gasteiger partial charge in [-0.1, -0.05) is 60.3 Å². The number of aromatic nitrogens is 3. The van der Waals surface area contributed by atoms with E-state index in [1.807, 2.05) is 53.4 Å². The molecule has 0 atom stereocenters. The third-order valence-electron chi connectivity index (χ3n) is 5.89. The molecule has 1 amide bonds. The SMILES string of the molecule is O=C(CSc1nnc(-c2ccccc2)n1-c1ccc(F)cc1F)N1CCN(c2ccccc2)CC1. The molecule has 1 aromatic heterocycles. The highest BCUT2D eigenvalue weighted by molar-refractivity contribution is 7.99. The van der Waals surface area contributed by atoms with Crippen molar-refractivity contribution in [2.45, 2.75) is 5.16 Å². The van der Waals surface area contributed by atoms with Gasteiger partial charge in [-0.2, -0.15) is 0 Å². The second kappa shape index (κ2) is 10.3. The summed E-state index contributed by atoms with van der Waals surface area (Å²) in [5, 5.41) is 8.86. The quantitative estimate of drug-likeness (QED) is 0.368. The summed E-state index contributed by atoms with van der Waals surface area (Å²) >= 11 is 1.19. The number of hydrogen-bond donors (Lipinski definition) is 0. The van der Waals surface area contributed by atoms with Gasteiger partial charge in [0.05, 0.1) is 11.4 Å². The van der Waals surface area contributed by atoms with Crippen LogP contribution in [0.25, 0.3) is 17.1 Å². The van der Waals surface area contributed by atoms with Crippen LogP contribution in [0.4, 0.5) is 14.5 Å². The van der Waals surface area contributed by atoms with E-state index in [2.05, 4.69) is 27.2 Å². The van der Waals surface area contributed by atoms with Crippen LogP contribution < -0.4 is 4.90 Å². The van der Waals surface area contributed by atoms with E-state index in [4.69, 9.17) is 0 Å². The van der Waals surface area contributed by atoms with Crippen LogP contribution in [0.2, 0.25) is 0 Å². The first kappa shape index (κ1) is 23.0. The highest BCUT2D eigenvalue weighted by Crippen LogP contribution is 2.29. The summed E-state index contributed by atoms with van der Waals surface area (Å²) in [6.45, 7) is 2.77. The van der Waals surface area contributed by atoms with Crippen LogP contribution in [0.3, 0.4) is 0 Å². The molecule has 6 nitrogen and oxygen atoms in total. The van der Waals surface area contributed by atoms with Crippen molar-refractivity contribution in [2.75, 3.05) is 36.8 Å². The van der Waals surface area contributed by atoms with Crippen LogP contribution in [0.5, 0.6) is 0 Å². The topological polar surface area (TPSA) is 54.3 Å². The van der Waals surface area contributed by atoms with E-state index in [0.29, 0.717) is 24.1 Å². The molecule has 35 heavy (non-hydrogen) atoms. The van der Waals surface area contributed by atoms with Crippen LogP contribution in [-0.4, -0.2) is 57.5 Å². The first-order valence-electron chi connectivity index (χ1n) is 11.3. The summed E-state index contributed by atoms with van der Waals surface area (Å²) in [7, 11) is 0. The van der Waals surface area contributed by atoms with Gasteiger partial charge >= 0.3 is 0 Å². The zero-order chi connectivity index (χ0) is 24.2. The maximum atomic E-state index is 14.8. The summed E-state index contributed by atoms with van der Waals surface area (Å²) < 4.78 is 29.9. The zero-order valence-corrected chi connectivity index (χ0v) is 19.7. The lowest BCUT2D eigenvalue weighted by Crippen LogP contribution is -2.49. The molecule has 9 heteroatoms. The molecule has 4 aromatic rings. The number of nitrogens with zero attached hydrogens (tertiary/aromatic N) is 5. The summed E-state index contributed by atoms with van der Waals surface area (Å²) in [4.78, 5) is 17.1. The van der Waals surface area contributed by atoms with Gasteiger partial charge in [0.2, 0.25) is 5.91 Å². The van der Waals surface area contributed by atoms with Crippen molar-refractivity contribution < 1.29 is 13.6 Å². The molecule has 0 unspecified atom stereocenters. The standard InChI is InChI=1S/C26H23F2N5OS/c27-20-11-12-23(22(28)17-20)33-25(19-7-3-1-4-8-19)29-30-26(33)35-18-24(34)32-15-13-31(14-16-32)21-9-5-2-6-10-21/h1-12,17H,13-16,18H2. The van der Waals surface area contributed by atoms with Gasteiger partial charge in [-0.3, -0.25) is 9.36 Å². The number of piperazine rings is 1. The maximum Gasteiger partial charge on any atom is 0.233 e. The molecule has 0 bridgehead atoms. The third kappa shape index (κ3) is 5.05. The lowest BCUT2D eigenvalue weighted by molar-refractivity contribution is -0.128. The van der Waals surface area contributed by atoms with Crippen molar-refractivity contribution in [3.63, 3.8) is 0 Å². The van der Waals surface area contributed by atoms with Crippen molar-refractivity contribution in [1.82, 2.24) is 19.7 Å². The second-order valence-electron chi connectivity index (χ2n) is 8.10. The Labute approximate surface area is 206 Å². The number of carbonyl (C=O) groups is 1. The summed E-state index contributed by atoms with van der Waals surface area (Å²) in [6, 6.07) is 22.8. The third-order valence-corrected chi connectivity index (χ3v) is 6.81. The van der Waals surface area contributed by atoms with Crippen molar-refractivity contribution in [2.24, 2.45) is 0 Å². The van der Waals surface area contributed by atoms with Gasteiger partial charge in [0.1, 0.15) is 11.6 Å². The van der Waals surface area contributed by atoms with Gasteiger partial charge in [0.25, 0.3) is 0 Å². The zero-order valence-electron chi connectivity index (χ0n) is 18.8. The van der Waals surface area contributed by atoms with E-state index in [1.165, 1.54) is 28.5 Å². The number of carbonyl (C=O) groups excluding carboxylic acids is 1. The lowest BCUT2D eigenvalue weighted by Gasteiger charge is -2.36. The Bertz CT molecular complexity index is 1310. The lowest BCUT2D eigenvalue weighted by atomic mass is 10.2. The monoisotopic (exact) mass is 491 g/mol. The van der Waals surface area contributed by atoms with Crippen LogP contribution >= 0.6 is 11.8 Å². The van der Waals surface area contributed by atoms with Crippen LogP contribution in [-0.2, 0) is 4.79 Å². The van der Waals surface area contributed by atoms with Crippen LogP contribution in [0, 0.1) is 11.6 Å². The molecular formula is C26H23F2N5OS. The fourth-order valence-electron chi connectivity index (χ4n) is 4.09. The first-order valence-corrected chi connectivity index (χ1v) is 12.3. The molecule has 0 radical (unpaired) electrons. The average Bonchev–Trinajstić information content (AvgIpc) is 3.32. The Morgan fingerprint density at radius 3 is 2.23 bits per heavy atom. The molecule has 1 aliphatic rings. The Hall–Kier alpha value is -3.72. The van der Waals surface area contributed by atoms with Crippen molar-refractivity contribution in [3.8, 4) is 17.1 Å². The van der Waals surface area contributed by atoms with Crippen molar-refractivity contribution in [3.05, 3.63) is 90.5 Å². The molecule has 0 aliphatic carbocycles. The Balaban J connectivity index is 1.32. The molecule has 1 aliphatic heterocycles. The van der Waals surface area contributed by atoms with Crippen LogP contribution in [0.15, 0.2) is 84.0 Å². The van der Waals surface area contributed by atoms with Gasteiger partial charge in [-0.05, 0) is 24.3 Å². The van der Waals surface area contributed by atoms with Gasteiger partial charge in [-0.25, -0.2) is 8.78 Å². The molecule has 0 spiro atoms. The second-order valence-corrected chi connectivity index (χ2v) is 9.04. The van der Waals surface area contributed by atoms with E-state index >= 15 is 0 Å². The van der Waals surface area contributed by atoms with E-state index in [-0.39, 0.29) is 17.3 Å². The number of thioether (sulfide) groups is 1. The molecule has 0 saturated carbocycles. The average molecular weight is 492 g/mol. The van der Waals surface area contributed by atoms with Crippen molar-refractivity contribution >= 4 is 23.4 Å². The predicted octanol–water partition coefficient (Wildman–Crippen LogP) is 4.65. The Morgan fingerprint density at radius 2 is 1.54 bits per heavy atom. The van der Waals surface area contributed by atoms with Gasteiger partial charge in [0.15, 0.2) is 11.0 Å². The highest BCUT2D eigenvalue weighted by atomic mass is 32.2. The smallest absolute Gasteiger partial charge is 0.233 e. The molecule has 0 N–H and O–H groups in total. The number of anilines is 1. The molecular weight excluding hydrogens is 468 g/mol. The van der Waals surface area contributed by atoms with E-state index in [1.54, 1.807) is 0 Å². The number of benzene rings is 3. The van der Waals surface area contributed by atoms with Gasteiger partial charge < -0.3 is 9.80 Å². The number of halogens is 2. The first-order chi connectivity index (χ1) is 17.1. The molecule has 2 heterocycles.